The van der Waals surface area contributed by atoms with Gasteiger partial charge in [-0.3, -0.25) is 11.3 Å². The zero-order valence-corrected chi connectivity index (χ0v) is 14.3. The highest BCUT2D eigenvalue weighted by atomic mass is 79.9. The molecule has 0 aliphatic heterocycles. The molecule has 0 saturated heterocycles. The third kappa shape index (κ3) is 4.74. The van der Waals surface area contributed by atoms with Crippen LogP contribution >= 0.6 is 27.7 Å². The van der Waals surface area contributed by atoms with Crippen LogP contribution in [0.3, 0.4) is 0 Å². The van der Waals surface area contributed by atoms with Crippen LogP contribution in [0, 0.1) is 0 Å². The fourth-order valence-corrected chi connectivity index (χ4v) is 3.66. The molecule has 112 valence electrons. The van der Waals surface area contributed by atoms with Crippen molar-refractivity contribution in [2.24, 2.45) is 5.84 Å². The van der Waals surface area contributed by atoms with Crippen molar-refractivity contribution in [3.05, 3.63) is 58.6 Å². The number of thioether (sulfide) groups is 1. The first-order valence-electron chi connectivity index (χ1n) is 6.70. The summed E-state index contributed by atoms with van der Waals surface area (Å²) in [5.74, 6) is 7.49. The van der Waals surface area contributed by atoms with E-state index in [1.807, 2.05) is 36.4 Å². The molecule has 0 saturated carbocycles. The SMILES string of the molecule is COc1ccccc1CC(CSc1ccccc1Br)NN. The third-order valence-electron chi connectivity index (χ3n) is 3.17. The lowest BCUT2D eigenvalue weighted by atomic mass is 10.1. The minimum absolute atomic E-state index is 0.179. The van der Waals surface area contributed by atoms with E-state index in [0.717, 1.165) is 28.0 Å². The van der Waals surface area contributed by atoms with Gasteiger partial charge in [-0.2, -0.15) is 0 Å². The molecule has 0 aliphatic rings. The van der Waals surface area contributed by atoms with Crippen molar-refractivity contribution in [2.45, 2.75) is 17.4 Å². The average molecular weight is 367 g/mol. The van der Waals surface area contributed by atoms with Crippen molar-refractivity contribution in [1.82, 2.24) is 5.43 Å². The molecule has 0 aromatic heterocycles. The predicted octanol–water partition coefficient (Wildman–Crippen LogP) is 3.62. The summed E-state index contributed by atoms with van der Waals surface area (Å²) >= 11 is 5.35. The number of hydrogen-bond acceptors (Lipinski definition) is 4. The van der Waals surface area contributed by atoms with Crippen LogP contribution in [0.5, 0.6) is 5.75 Å². The standard InChI is InChI=1S/C16H19BrN2OS/c1-20-15-8-4-2-6-12(15)10-13(19-18)11-21-16-9-5-3-7-14(16)17/h2-9,13,19H,10-11,18H2,1H3. The lowest BCUT2D eigenvalue weighted by Crippen LogP contribution is -2.38. The van der Waals surface area contributed by atoms with E-state index < -0.39 is 0 Å². The molecule has 3 nitrogen and oxygen atoms in total. The van der Waals surface area contributed by atoms with Crippen molar-refractivity contribution in [2.75, 3.05) is 12.9 Å². The Morgan fingerprint density at radius 3 is 2.62 bits per heavy atom. The fourth-order valence-electron chi connectivity index (χ4n) is 2.06. The second-order valence-electron chi connectivity index (χ2n) is 4.62. The van der Waals surface area contributed by atoms with Gasteiger partial charge in [0.2, 0.25) is 0 Å². The highest BCUT2D eigenvalue weighted by Gasteiger charge is 2.12. The van der Waals surface area contributed by atoms with E-state index >= 15 is 0 Å². The van der Waals surface area contributed by atoms with Crippen molar-refractivity contribution < 1.29 is 4.74 Å². The predicted molar refractivity (Wildman–Crippen MR) is 92.7 cm³/mol. The maximum atomic E-state index is 5.70. The molecule has 21 heavy (non-hydrogen) atoms. The molecule has 0 amide bonds. The maximum Gasteiger partial charge on any atom is 0.122 e. The number of nitrogens with two attached hydrogens (primary N) is 1. The van der Waals surface area contributed by atoms with E-state index in [0.29, 0.717) is 0 Å². The molecule has 0 spiro atoms. The van der Waals surface area contributed by atoms with Crippen LogP contribution in [0.1, 0.15) is 5.56 Å². The molecule has 1 unspecified atom stereocenters. The topological polar surface area (TPSA) is 47.3 Å². The normalized spacial score (nSPS) is 12.1. The van der Waals surface area contributed by atoms with Crippen molar-refractivity contribution >= 4 is 27.7 Å². The number of hydrazine groups is 1. The van der Waals surface area contributed by atoms with Gasteiger partial charge in [0.15, 0.2) is 0 Å². The number of nitrogens with one attached hydrogen (secondary N) is 1. The number of methoxy groups -OCH3 is 1. The highest BCUT2D eigenvalue weighted by Crippen LogP contribution is 2.28. The fraction of sp³-hybridized carbons (Fsp3) is 0.250. The van der Waals surface area contributed by atoms with Gasteiger partial charge in [-0.25, -0.2) is 0 Å². The minimum Gasteiger partial charge on any atom is -0.496 e. The lowest BCUT2D eigenvalue weighted by Gasteiger charge is -2.17. The Kier molecular flexibility index (Phi) is 6.57. The van der Waals surface area contributed by atoms with Gasteiger partial charge in [-0.05, 0) is 46.1 Å². The van der Waals surface area contributed by atoms with E-state index in [2.05, 4.69) is 33.5 Å². The van der Waals surface area contributed by atoms with Gasteiger partial charge in [0.25, 0.3) is 0 Å². The largest absolute Gasteiger partial charge is 0.496 e. The zero-order valence-electron chi connectivity index (χ0n) is 11.9. The van der Waals surface area contributed by atoms with Crippen LogP contribution in [-0.4, -0.2) is 18.9 Å². The van der Waals surface area contributed by atoms with Gasteiger partial charge in [0.1, 0.15) is 5.75 Å². The number of rotatable bonds is 7. The van der Waals surface area contributed by atoms with Crippen LogP contribution in [-0.2, 0) is 6.42 Å². The Balaban J connectivity index is 1.99. The van der Waals surface area contributed by atoms with Gasteiger partial charge in [0, 0.05) is 21.2 Å². The lowest BCUT2D eigenvalue weighted by molar-refractivity contribution is 0.406. The molecule has 0 fully saturated rings. The maximum absolute atomic E-state index is 5.70. The highest BCUT2D eigenvalue weighted by molar-refractivity contribution is 9.10. The van der Waals surface area contributed by atoms with Crippen LogP contribution in [0.15, 0.2) is 57.9 Å². The van der Waals surface area contributed by atoms with E-state index in [1.165, 1.54) is 4.90 Å². The smallest absolute Gasteiger partial charge is 0.122 e. The Morgan fingerprint density at radius 1 is 1.19 bits per heavy atom. The monoisotopic (exact) mass is 366 g/mol. The zero-order chi connectivity index (χ0) is 15.1. The summed E-state index contributed by atoms with van der Waals surface area (Å²) in [6.45, 7) is 0. The molecule has 1 atom stereocenters. The van der Waals surface area contributed by atoms with Crippen molar-refractivity contribution in [3.8, 4) is 5.75 Å². The Hall–Kier alpha value is -1.01. The Bertz CT molecular complexity index is 580. The summed E-state index contributed by atoms with van der Waals surface area (Å²) < 4.78 is 6.50. The molecule has 5 heteroatoms. The first kappa shape index (κ1) is 16.4. The molecule has 2 aromatic rings. The van der Waals surface area contributed by atoms with Crippen LogP contribution in [0.4, 0.5) is 0 Å². The first-order valence-corrected chi connectivity index (χ1v) is 8.47. The second-order valence-corrected chi connectivity index (χ2v) is 6.54. The molecular weight excluding hydrogens is 348 g/mol. The van der Waals surface area contributed by atoms with Crippen molar-refractivity contribution in [3.63, 3.8) is 0 Å². The Morgan fingerprint density at radius 2 is 1.90 bits per heavy atom. The number of hydrogen-bond donors (Lipinski definition) is 2. The van der Waals surface area contributed by atoms with E-state index in [1.54, 1.807) is 18.9 Å². The van der Waals surface area contributed by atoms with Crippen LogP contribution in [0.2, 0.25) is 0 Å². The molecule has 3 N–H and O–H groups in total. The van der Waals surface area contributed by atoms with Gasteiger partial charge in [-0.15, -0.1) is 11.8 Å². The average Bonchev–Trinajstić information content (AvgIpc) is 2.53. The molecule has 0 heterocycles. The summed E-state index contributed by atoms with van der Waals surface area (Å²) in [6.07, 6.45) is 0.831. The summed E-state index contributed by atoms with van der Waals surface area (Å²) in [5, 5.41) is 0. The molecule has 0 aliphatic carbocycles. The number of para-hydroxylation sites is 1. The second kappa shape index (κ2) is 8.44. The summed E-state index contributed by atoms with van der Waals surface area (Å²) in [5.41, 5.74) is 4.06. The molecular formula is C16H19BrN2OS. The molecule has 0 bridgehead atoms. The molecule has 0 radical (unpaired) electrons. The summed E-state index contributed by atoms with van der Waals surface area (Å²) in [6, 6.07) is 16.4. The minimum atomic E-state index is 0.179. The molecule has 2 rings (SSSR count). The summed E-state index contributed by atoms with van der Waals surface area (Å²) in [7, 11) is 1.69. The number of benzene rings is 2. The number of ether oxygens (including phenoxy) is 1. The van der Waals surface area contributed by atoms with Crippen molar-refractivity contribution in [1.29, 1.82) is 0 Å². The van der Waals surface area contributed by atoms with E-state index in [-0.39, 0.29) is 6.04 Å². The van der Waals surface area contributed by atoms with Gasteiger partial charge in [0.05, 0.1) is 7.11 Å². The van der Waals surface area contributed by atoms with E-state index in [9.17, 15) is 0 Å². The van der Waals surface area contributed by atoms with Gasteiger partial charge in [-0.1, -0.05) is 30.3 Å². The number of halogens is 1. The van der Waals surface area contributed by atoms with Gasteiger partial charge < -0.3 is 4.74 Å². The quantitative estimate of drug-likeness (QED) is 0.446. The molecule has 2 aromatic carbocycles. The van der Waals surface area contributed by atoms with E-state index in [4.69, 9.17) is 10.6 Å². The van der Waals surface area contributed by atoms with Gasteiger partial charge >= 0.3 is 0 Å². The summed E-state index contributed by atoms with van der Waals surface area (Å²) in [4.78, 5) is 1.22. The van der Waals surface area contributed by atoms with Crippen LogP contribution < -0.4 is 16.0 Å². The van der Waals surface area contributed by atoms with Crippen LogP contribution in [0.25, 0.3) is 0 Å². The Labute approximate surface area is 138 Å². The third-order valence-corrected chi connectivity index (χ3v) is 5.36. The first-order chi connectivity index (χ1) is 10.2.